The minimum atomic E-state index is -3.53. The van der Waals surface area contributed by atoms with Crippen LogP contribution in [-0.2, 0) is 10.0 Å². The van der Waals surface area contributed by atoms with Crippen molar-refractivity contribution in [2.75, 3.05) is 31.1 Å². The number of rotatable bonds is 4. The number of fused-ring (bicyclic) bond motifs is 1. The molecule has 2 aromatic heterocycles. The summed E-state index contributed by atoms with van der Waals surface area (Å²) in [7, 11) is -3.53. The Morgan fingerprint density at radius 2 is 1.77 bits per heavy atom. The van der Waals surface area contributed by atoms with Gasteiger partial charge in [-0.2, -0.15) is 4.31 Å². The second kappa shape index (κ2) is 6.31. The smallest absolute Gasteiger partial charge is 0.262 e. The van der Waals surface area contributed by atoms with Gasteiger partial charge < -0.3 is 9.47 Å². The molecule has 2 aromatic rings. The molecule has 8 nitrogen and oxygen atoms in total. The SMILES string of the molecule is Cc1cc(N2CC3CN(S(=O)(=O)c4cn(C(C)C)cn4)CC3C2)ncn1. The van der Waals surface area contributed by atoms with Crippen molar-refractivity contribution in [1.29, 1.82) is 0 Å². The fourth-order valence-corrected chi connectivity index (χ4v) is 5.29. The molecule has 9 heteroatoms. The highest BCUT2D eigenvalue weighted by Crippen LogP contribution is 2.35. The lowest BCUT2D eigenvalue weighted by molar-refractivity contribution is 0.450. The summed E-state index contributed by atoms with van der Waals surface area (Å²) in [6.45, 7) is 8.70. The number of aromatic nitrogens is 4. The largest absolute Gasteiger partial charge is 0.356 e. The van der Waals surface area contributed by atoms with Gasteiger partial charge >= 0.3 is 0 Å². The van der Waals surface area contributed by atoms with Gasteiger partial charge in [-0.15, -0.1) is 0 Å². The van der Waals surface area contributed by atoms with E-state index in [9.17, 15) is 8.42 Å². The van der Waals surface area contributed by atoms with Crippen LogP contribution >= 0.6 is 0 Å². The van der Waals surface area contributed by atoms with Crippen molar-refractivity contribution >= 4 is 15.8 Å². The Morgan fingerprint density at radius 3 is 2.35 bits per heavy atom. The summed E-state index contributed by atoms with van der Waals surface area (Å²) in [5.41, 5.74) is 0.942. The minimum absolute atomic E-state index is 0.148. The molecule has 2 unspecified atom stereocenters. The van der Waals surface area contributed by atoms with Gasteiger partial charge in [-0.05, 0) is 32.6 Å². The van der Waals surface area contributed by atoms with Gasteiger partial charge in [0, 0.05) is 50.2 Å². The lowest BCUT2D eigenvalue weighted by atomic mass is 10.0. The van der Waals surface area contributed by atoms with Crippen molar-refractivity contribution in [3.8, 4) is 0 Å². The van der Waals surface area contributed by atoms with Crippen LogP contribution in [0.3, 0.4) is 0 Å². The van der Waals surface area contributed by atoms with E-state index in [1.54, 1.807) is 23.2 Å². The molecule has 2 aliphatic rings. The molecule has 26 heavy (non-hydrogen) atoms. The standard InChI is InChI=1S/C17H24N6O2S/c1-12(2)22-9-17(20-11-22)26(24,25)23-7-14-5-21(6-15(14)8-23)16-4-13(3)18-10-19-16/h4,9-12,14-15H,5-8H2,1-3H3. The summed E-state index contributed by atoms with van der Waals surface area (Å²) in [6.07, 6.45) is 4.80. The average Bonchev–Trinajstić information content (AvgIpc) is 3.29. The lowest BCUT2D eigenvalue weighted by Crippen LogP contribution is -2.33. The van der Waals surface area contributed by atoms with Crippen LogP contribution in [0.25, 0.3) is 0 Å². The zero-order valence-corrected chi connectivity index (χ0v) is 16.1. The average molecular weight is 376 g/mol. The van der Waals surface area contributed by atoms with Crippen molar-refractivity contribution in [2.45, 2.75) is 31.8 Å². The Kier molecular flexibility index (Phi) is 4.23. The third-order valence-electron chi connectivity index (χ3n) is 5.34. The first-order valence-electron chi connectivity index (χ1n) is 8.92. The second-order valence-corrected chi connectivity index (χ2v) is 9.40. The van der Waals surface area contributed by atoms with E-state index in [2.05, 4.69) is 19.9 Å². The number of sulfonamides is 1. The number of anilines is 1. The Morgan fingerprint density at radius 1 is 1.08 bits per heavy atom. The molecule has 4 heterocycles. The van der Waals surface area contributed by atoms with E-state index < -0.39 is 10.0 Å². The van der Waals surface area contributed by atoms with Crippen molar-refractivity contribution in [2.24, 2.45) is 11.8 Å². The van der Waals surface area contributed by atoms with Crippen LogP contribution in [0.5, 0.6) is 0 Å². The maximum Gasteiger partial charge on any atom is 0.262 e. The highest BCUT2D eigenvalue weighted by Gasteiger charge is 2.45. The van der Waals surface area contributed by atoms with Crippen molar-refractivity contribution in [3.63, 3.8) is 0 Å². The molecule has 2 aliphatic heterocycles. The molecule has 0 spiro atoms. The molecule has 0 aromatic carbocycles. The van der Waals surface area contributed by atoms with Crippen molar-refractivity contribution in [1.82, 2.24) is 23.8 Å². The lowest BCUT2D eigenvalue weighted by Gasteiger charge is -2.21. The van der Waals surface area contributed by atoms with Gasteiger partial charge in [0.15, 0.2) is 5.03 Å². The Balaban J connectivity index is 1.47. The molecule has 0 saturated carbocycles. The van der Waals surface area contributed by atoms with Crippen LogP contribution in [0.2, 0.25) is 0 Å². The van der Waals surface area contributed by atoms with E-state index in [0.29, 0.717) is 24.9 Å². The van der Waals surface area contributed by atoms with Crippen molar-refractivity contribution in [3.05, 3.63) is 30.6 Å². The fraction of sp³-hybridized carbons (Fsp3) is 0.588. The molecule has 2 atom stereocenters. The van der Waals surface area contributed by atoms with Gasteiger partial charge in [-0.1, -0.05) is 0 Å². The van der Waals surface area contributed by atoms with Gasteiger partial charge in [-0.3, -0.25) is 0 Å². The molecule has 0 bridgehead atoms. The third kappa shape index (κ3) is 2.99. The monoisotopic (exact) mass is 376 g/mol. The van der Waals surface area contributed by atoms with Gasteiger partial charge in [0.1, 0.15) is 12.1 Å². The normalized spacial score (nSPS) is 23.8. The molecule has 0 amide bonds. The summed E-state index contributed by atoms with van der Waals surface area (Å²) in [4.78, 5) is 14.9. The summed E-state index contributed by atoms with van der Waals surface area (Å²) in [6, 6.07) is 2.17. The molecular formula is C17H24N6O2S. The molecule has 140 valence electrons. The predicted octanol–water partition coefficient (Wildman–Crippen LogP) is 1.32. The van der Waals surface area contributed by atoms with Crippen LogP contribution in [-0.4, -0.2) is 58.4 Å². The zero-order valence-electron chi connectivity index (χ0n) is 15.3. The fourth-order valence-electron chi connectivity index (χ4n) is 3.81. The van der Waals surface area contributed by atoms with Crippen LogP contribution < -0.4 is 4.90 Å². The van der Waals surface area contributed by atoms with Gasteiger partial charge in [0.05, 0.1) is 6.33 Å². The first-order chi connectivity index (χ1) is 12.3. The molecule has 0 aliphatic carbocycles. The summed E-state index contributed by atoms with van der Waals surface area (Å²) in [5.74, 6) is 1.58. The number of nitrogens with zero attached hydrogens (tertiary/aromatic N) is 6. The molecule has 2 saturated heterocycles. The maximum atomic E-state index is 12.9. The van der Waals surface area contributed by atoms with Gasteiger partial charge in [-0.25, -0.2) is 23.4 Å². The number of hydrogen-bond donors (Lipinski definition) is 0. The molecular weight excluding hydrogens is 352 g/mol. The van der Waals surface area contributed by atoms with E-state index in [1.807, 2.05) is 31.4 Å². The van der Waals surface area contributed by atoms with Gasteiger partial charge in [0.25, 0.3) is 10.0 Å². The third-order valence-corrected chi connectivity index (χ3v) is 7.06. The van der Waals surface area contributed by atoms with Crippen LogP contribution in [0.15, 0.2) is 29.9 Å². The minimum Gasteiger partial charge on any atom is -0.356 e. The summed E-state index contributed by atoms with van der Waals surface area (Å²) < 4.78 is 29.2. The number of hydrogen-bond acceptors (Lipinski definition) is 6. The topological polar surface area (TPSA) is 84.2 Å². The molecule has 0 N–H and O–H groups in total. The Hall–Kier alpha value is -2.00. The molecule has 0 radical (unpaired) electrons. The quantitative estimate of drug-likeness (QED) is 0.800. The zero-order chi connectivity index (χ0) is 18.5. The van der Waals surface area contributed by atoms with E-state index >= 15 is 0 Å². The van der Waals surface area contributed by atoms with E-state index in [0.717, 1.165) is 24.6 Å². The van der Waals surface area contributed by atoms with E-state index in [1.165, 1.54) is 0 Å². The van der Waals surface area contributed by atoms with Crippen molar-refractivity contribution < 1.29 is 8.42 Å². The molecule has 2 fully saturated rings. The summed E-state index contributed by atoms with van der Waals surface area (Å²) >= 11 is 0. The second-order valence-electron chi connectivity index (χ2n) is 7.52. The Bertz CT molecular complexity index is 895. The highest BCUT2D eigenvalue weighted by atomic mass is 32.2. The van der Waals surface area contributed by atoms with Crippen LogP contribution in [0, 0.1) is 18.8 Å². The van der Waals surface area contributed by atoms with E-state index in [-0.39, 0.29) is 11.1 Å². The Labute approximate surface area is 153 Å². The summed E-state index contributed by atoms with van der Waals surface area (Å²) in [5, 5.41) is 0.148. The van der Waals surface area contributed by atoms with E-state index in [4.69, 9.17) is 0 Å². The van der Waals surface area contributed by atoms with Crippen LogP contribution in [0.1, 0.15) is 25.6 Å². The number of aryl methyl sites for hydroxylation is 1. The first kappa shape index (κ1) is 17.4. The van der Waals surface area contributed by atoms with Gasteiger partial charge in [0.2, 0.25) is 0 Å². The number of imidazole rings is 1. The molecule has 4 rings (SSSR count). The first-order valence-corrected chi connectivity index (χ1v) is 10.4. The van der Waals surface area contributed by atoms with Crippen LogP contribution in [0.4, 0.5) is 5.82 Å². The predicted molar refractivity (Wildman–Crippen MR) is 97.3 cm³/mol. The maximum absolute atomic E-state index is 12.9. The highest BCUT2D eigenvalue weighted by molar-refractivity contribution is 7.89.